The zero-order valence-electron chi connectivity index (χ0n) is 14.2. The zero-order valence-corrected chi connectivity index (χ0v) is 15.0. The SMILES string of the molecule is CCNCC1CCN(Cc2csc(-c3ccc(C)cc3)n2)CC1. The number of thiazole rings is 1. The summed E-state index contributed by atoms with van der Waals surface area (Å²) >= 11 is 1.76. The maximum Gasteiger partial charge on any atom is 0.123 e. The van der Waals surface area contributed by atoms with Crippen molar-refractivity contribution in [2.45, 2.75) is 33.2 Å². The molecule has 1 aromatic carbocycles. The molecule has 0 bridgehead atoms. The summed E-state index contributed by atoms with van der Waals surface area (Å²) in [5.74, 6) is 0.852. The fourth-order valence-corrected chi connectivity index (χ4v) is 3.95. The number of aromatic nitrogens is 1. The highest BCUT2D eigenvalue weighted by Gasteiger charge is 2.19. The second-order valence-corrected chi connectivity index (χ2v) is 7.40. The van der Waals surface area contributed by atoms with E-state index in [1.165, 1.54) is 49.3 Å². The minimum atomic E-state index is 0.852. The van der Waals surface area contributed by atoms with Crippen LogP contribution in [-0.2, 0) is 6.54 Å². The van der Waals surface area contributed by atoms with Gasteiger partial charge in [-0.05, 0) is 51.9 Å². The van der Waals surface area contributed by atoms with Crippen molar-refractivity contribution in [2.24, 2.45) is 5.92 Å². The minimum Gasteiger partial charge on any atom is -0.317 e. The Morgan fingerprint density at radius 2 is 1.96 bits per heavy atom. The normalized spacial score (nSPS) is 16.8. The molecule has 1 aromatic heterocycles. The van der Waals surface area contributed by atoms with Crippen LogP contribution < -0.4 is 5.32 Å². The van der Waals surface area contributed by atoms with Crippen molar-refractivity contribution in [1.29, 1.82) is 0 Å². The van der Waals surface area contributed by atoms with Gasteiger partial charge in [0.15, 0.2) is 0 Å². The van der Waals surface area contributed by atoms with Gasteiger partial charge in [0.25, 0.3) is 0 Å². The maximum absolute atomic E-state index is 4.84. The molecule has 124 valence electrons. The number of benzene rings is 1. The second-order valence-electron chi connectivity index (χ2n) is 6.54. The Morgan fingerprint density at radius 1 is 1.22 bits per heavy atom. The number of hydrogen-bond acceptors (Lipinski definition) is 4. The molecule has 1 aliphatic heterocycles. The molecule has 1 saturated heterocycles. The summed E-state index contributed by atoms with van der Waals surface area (Å²) in [4.78, 5) is 7.39. The van der Waals surface area contributed by atoms with Gasteiger partial charge in [-0.2, -0.15) is 0 Å². The molecular weight excluding hydrogens is 302 g/mol. The highest BCUT2D eigenvalue weighted by atomic mass is 32.1. The lowest BCUT2D eigenvalue weighted by molar-refractivity contribution is 0.174. The summed E-state index contributed by atoms with van der Waals surface area (Å²) in [5.41, 5.74) is 3.75. The number of aryl methyl sites for hydroxylation is 1. The Labute approximate surface area is 143 Å². The first-order valence-corrected chi connectivity index (χ1v) is 9.57. The van der Waals surface area contributed by atoms with E-state index < -0.39 is 0 Å². The quantitative estimate of drug-likeness (QED) is 0.870. The minimum absolute atomic E-state index is 0.852. The highest BCUT2D eigenvalue weighted by molar-refractivity contribution is 7.13. The van der Waals surface area contributed by atoms with Crippen LogP contribution in [0.15, 0.2) is 29.6 Å². The largest absolute Gasteiger partial charge is 0.317 e. The molecule has 1 fully saturated rings. The first-order chi connectivity index (χ1) is 11.2. The van der Waals surface area contributed by atoms with Gasteiger partial charge in [-0.25, -0.2) is 4.98 Å². The van der Waals surface area contributed by atoms with Gasteiger partial charge in [-0.3, -0.25) is 4.90 Å². The maximum atomic E-state index is 4.84. The Bertz CT molecular complexity index is 597. The van der Waals surface area contributed by atoms with Gasteiger partial charge >= 0.3 is 0 Å². The molecule has 4 heteroatoms. The van der Waals surface area contributed by atoms with E-state index in [2.05, 4.69) is 53.7 Å². The van der Waals surface area contributed by atoms with E-state index in [9.17, 15) is 0 Å². The molecule has 0 amide bonds. The topological polar surface area (TPSA) is 28.2 Å². The number of nitrogens with one attached hydrogen (secondary N) is 1. The molecule has 3 nitrogen and oxygen atoms in total. The fourth-order valence-electron chi connectivity index (χ4n) is 3.13. The number of hydrogen-bond donors (Lipinski definition) is 1. The first kappa shape index (κ1) is 16.6. The lowest BCUT2D eigenvalue weighted by Crippen LogP contribution is -2.36. The Morgan fingerprint density at radius 3 is 2.65 bits per heavy atom. The third-order valence-corrected chi connectivity index (χ3v) is 5.57. The molecule has 2 aromatic rings. The van der Waals surface area contributed by atoms with E-state index in [0.29, 0.717) is 0 Å². The third kappa shape index (κ3) is 4.63. The zero-order chi connectivity index (χ0) is 16.1. The molecule has 2 heterocycles. The summed E-state index contributed by atoms with van der Waals surface area (Å²) < 4.78 is 0. The van der Waals surface area contributed by atoms with Crippen LogP contribution in [0.2, 0.25) is 0 Å². The number of piperidine rings is 1. The standard InChI is InChI=1S/C19H27N3S/c1-3-20-12-16-8-10-22(11-9-16)13-18-14-23-19(21-18)17-6-4-15(2)5-7-17/h4-7,14,16,20H,3,8-13H2,1-2H3. The van der Waals surface area contributed by atoms with Crippen molar-refractivity contribution in [1.82, 2.24) is 15.2 Å². The second kappa shape index (κ2) is 8.04. The van der Waals surface area contributed by atoms with Crippen molar-refractivity contribution >= 4 is 11.3 Å². The molecule has 1 N–H and O–H groups in total. The van der Waals surface area contributed by atoms with Gasteiger partial charge in [0, 0.05) is 17.5 Å². The van der Waals surface area contributed by atoms with Crippen LogP contribution in [0.1, 0.15) is 31.0 Å². The Hall–Kier alpha value is -1.23. The summed E-state index contributed by atoms with van der Waals surface area (Å²) in [5, 5.41) is 6.84. The summed E-state index contributed by atoms with van der Waals surface area (Å²) in [7, 11) is 0. The van der Waals surface area contributed by atoms with Gasteiger partial charge in [0.2, 0.25) is 0 Å². The summed E-state index contributed by atoms with van der Waals surface area (Å²) in [6.07, 6.45) is 2.61. The number of nitrogens with zero attached hydrogens (tertiary/aromatic N) is 2. The average Bonchev–Trinajstić information content (AvgIpc) is 3.03. The highest BCUT2D eigenvalue weighted by Crippen LogP contribution is 2.25. The Kier molecular flexibility index (Phi) is 5.81. The van der Waals surface area contributed by atoms with Crippen molar-refractivity contribution in [3.05, 3.63) is 40.9 Å². The van der Waals surface area contributed by atoms with Crippen LogP contribution in [0, 0.1) is 12.8 Å². The van der Waals surface area contributed by atoms with Gasteiger partial charge in [0.05, 0.1) is 5.69 Å². The third-order valence-electron chi connectivity index (χ3n) is 4.63. The number of likely N-dealkylation sites (tertiary alicyclic amines) is 1. The number of rotatable bonds is 6. The van der Waals surface area contributed by atoms with Crippen LogP contribution >= 0.6 is 11.3 Å². The van der Waals surface area contributed by atoms with E-state index in [4.69, 9.17) is 4.98 Å². The van der Waals surface area contributed by atoms with Crippen molar-refractivity contribution in [3.63, 3.8) is 0 Å². The van der Waals surface area contributed by atoms with Crippen molar-refractivity contribution in [3.8, 4) is 10.6 Å². The van der Waals surface area contributed by atoms with E-state index in [0.717, 1.165) is 24.0 Å². The molecule has 0 atom stereocenters. The molecule has 0 spiro atoms. The van der Waals surface area contributed by atoms with E-state index in [1.54, 1.807) is 11.3 Å². The summed E-state index contributed by atoms with van der Waals surface area (Å²) in [6.45, 7) is 9.97. The van der Waals surface area contributed by atoms with Gasteiger partial charge in [-0.1, -0.05) is 36.8 Å². The predicted octanol–water partition coefficient (Wildman–Crippen LogP) is 3.94. The molecular formula is C19H27N3S. The summed E-state index contributed by atoms with van der Waals surface area (Å²) in [6, 6.07) is 8.66. The Balaban J connectivity index is 1.53. The van der Waals surface area contributed by atoms with Crippen LogP contribution in [0.5, 0.6) is 0 Å². The molecule has 0 saturated carbocycles. The molecule has 1 aliphatic rings. The van der Waals surface area contributed by atoms with Gasteiger partial charge in [-0.15, -0.1) is 11.3 Å². The monoisotopic (exact) mass is 329 g/mol. The smallest absolute Gasteiger partial charge is 0.123 e. The van der Waals surface area contributed by atoms with Gasteiger partial charge in [0.1, 0.15) is 5.01 Å². The lowest BCUT2D eigenvalue weighted by atomic mass is 9.97. The van der Waals surface area contributed by atoms with E-state index in [1.807, 2.05) is 0 Å². The molecule has 0 aliphatic carbocycles. The van der Waals surface area contributed by atoms with Crippen molar-refractivity contribution in [2.75, 3.05) is 26.2 Å². The van der Waals surface area contributed by atoms with Crippen LogP contribution in [-0.4, -0.2) is 36.1 Å². The predicted molar refractivity (Wildman–Crippen MR) is 98.8 cm³/mol. The first-order valence-electron chi connectivity index (χ1n) is 8.69. The van der Waals surface area contributed by atoms with Crippen LogP contribution in [0.3, 0.4) is 0 Å². The van der Waals surface area contributed by atoms with Crippen molar-refractivity contribution < 1.29 is 0 Å². The lowest BCUT2D eigenvalue weighted by Gasteiger charge is -2.31. The van der Waals surface area contributed by atoms with E-state index in [-0.39, 0.29) is 0 Å². The molecule has 0 unspecified atom stereocenters. The fraction of sp³-hybridized carbons (Fsp3) is 0.526. The van der Waals surface area contributed by atoms with Gasteiger partial charge < -0.3 is 5.32 Å². The molecule has 0 radical (unpaired) electrons. The van der Waals surface area contributed by atoms with Crippen LogP contribution in [0.25, 0.3) is 10.6 Å². The molecule has 3 rings (SSSR count). The van der Waals surface area contributed by atoms with E-state index >= 15 is 0 Å². The van der Waals surface area contributed by atoms with Crippen LogP contribution in [0.4, 0.5) is 0 Å². The molecule has 23 heavy (non-hydrogen) atoms. The average molecular weight is 330 g/mol.